The summed E-state index contributed by atoms with van der Waals surface area (Å²) in [5, 5.41) is 3.32. The lowest BCUT2D eigenvalue weighted by Gasteiger charge is -2.47. The average Bonchev–Trinajstić information content (AvgIpc) is 3.41. The van der Waals surface area contributed by atoms with Crippen LogP contribution in [0.1, 0.15) is 96.8 Å². The lowest BCUT2D eigenvalue weighted by Crippen LogP contribution is -2.60. The van der Waals surface area contributed by atoms with Crippen LogP contribution >= 0.6 is 18.9 Å². The van der Waals surface area contributed by atoms with Gasteiger partial charge in [0.1, 0.15) is 12.1 Å². The van der Waals surface area contributed by atoms with E-state index >= 15 is 0 Å². The zero-order chi connectivity index (χ0) is 39.0. The van der Waals surface area contributed by atoms with Crippen LogP contribution in [0.25, 0.3) is 10.1 Å². The third-order valence-corrected chi connectivity index (χ3v) is 15.0. The van der Waals surface area contributed by atoms with Gasteiger partial charge < -0.3 is 29.8 Å². The fourth-order valence-electron chi connectivity index (χ4n) is 9.64. The highest BCUT2D eigenvalue weighted by atomic mass is 32.1. The molecule has 5 fully saturated rings. The van der Waals surface area contributed by atoms with Crippen molar-refractivity contribution in [1.29, 1.82) is 0 Å². The quantitative estimate of drug-likeness (QED) is 0.167. The predicted octanol–water partition coefficient (Wildman–Crippen LogP) is 6.88. The van der Waals surface area contributed by atoms with Crippen molar-refractivity contribution in [3.05, 3.63) is 70.6 Å². The highest BCUT2D eigenvalue weighted by molar-refractivity contribution is 7.51. The summed E-state index contributed by atoms with van der Waals surface area (Å²) in [6, 6.07) is 13.1. The zero-order valence-electron chi connectivity index (χ0n) is 30.3. The maximum absolute atomic E-state index is 14.6. The number of nitrogens with zero attached hydrogens (tertiary/aromatic N) is 3. The molecule has 16 heteroatoms. The Morgan fingerprint density at radius 3 is 2.40 bits per heavy atom. The summed E-state index contributed by atoms with van der Waals surface area (Å²) in [7, 11) is -3.21. The fourth-order valence-corrected chi connectivity index (χ4v) is 11.1. The number of fused-ring (bicyclic) bond motifs is 2. The minimum absolute atomic E-state index is 0.00960. The molecule has 1 spiro atoms. The number of hydrogen-bond acceptors (Lipinski definition) is 6. The summed E-state index contributed by atoms with van der Waals surface area (Å²) in [5.74, 6) is -4.68. The van der Waals surface area contributed by atoms with Crippen LogP contribution in [-0.4, -0.2) is 97.7 Å². The molecule has 3 aromatic rings. The van der Waals surface area contributed by atoms with Gasteiger partial charge in [0.2, 0.25) is 17.7 Å². The number of benzene rings is 2. The second kappa shape index (κ2) is 14.2. The summed E-state index contributed by atoms with van der Waals surface area (Å²) in [4.78, 5) is 67.7. The van der Waals surface area contributed by atoms with Gasteiger partial charge in [0.15, 0.2) is 0 Å². The Balaban J connectivity index is 1.05. The number of rotatable bonds is 8. The van der Waals surface area contributed by atoms with Crippen molar-refractivity contribution in [1.82, 2.24) is 20.0 Å². The summed E-state index contributed by atoms with van der Waals surface area (Å²) < 4.78 is 66.9. The fraction of sp³-hybridized carbons (Fsp3) is 0.564. The number of carbonyl (C=O) groups is 3. The molecule has 55 heavy (non-hydrogen) atoms. The topological polar surface area (TPSA) is 130 Å². The number of alkyl halides is 4. The van der Waals surface area contributed by atoms with E-state index in [2.05, 4.69) is 17.4 Å². The molecule has 5 aliphatic rings. The third kappa shape index (κ3) is 7.35. The first-order chi connectivity index (χ1) is 26.0. The molecule has 0 radical (unpaired) electrons. The smallest absolute Gasteiger partial charge is 0.340 e. The van der Waals surface area contributed by atoms with E-state index < -0.39 is 43.6 Å². The van der Waals surface area contributed by atoms with Crippen LogP contribution in [0, 0.1) is 5.92 Å². The van der Waals surface area contributed by atoms with Gasteiger partial charge in [-0.3, -0.25) is 18.9 Å². The Kier molecular flexibility index (Phi) is 9.96. The highest BCUT2D eigenvalue weighted by Gasteiger charge is 2.59. The highest BCUT2D eigenvalue weighted by Crippen LogP contribution is 2.55. The van der Waals surface area contributed by atoms with E-state index in [1.54, 1.807) is 4.90 Å². The molecule has 2 aromatic carbocycles. The van der Waals surface area contributed by atoms with Crippen molar-refractivity contribution in [3.63, 3.8) is 0 Å². The van der Waals surface area contributed by atoms with Crippen molar-refractivity contribution in [2.24, 2.45) is 5.92 Å². The molecular formula is C39H45F4N4O6PS. The van der Waals surface area contributed by atoms with E-state index in [0.717, 1.165) is 30.6 Å². The van der Waals surface area contributed by atoms with Crippen LogP contribution in [0.3, 0.4) is 0 Å². The van der Waals surface area contributed by atoms with Crippen molar-refractivity contribution in [3.8, 4) is 0 Å². The van der Waals surface area contributed by atoms with Crippen LogP contribution in [-0.2, 0) is 14.2 Å². The Hall–Kier alpha value is -3.36. The molecule has 2 saturated carbocycles. The maximum atomic E-state index is 14.6. The lowest BCUT2D eigenvalue weighted by molar-refractivity contribution is -0.207. The Morgan fingerprint density at radius 2 is 1.73 bits per heavy atom. The van der Waals surface area contributed by atoms with Gasteiger partial charge in [-0.2, -0.15) is 13.2 Å². The molecule has 10 nitrogen and oxygen atoms in total. The molecule has 6 atom stereocenters. The zero-order valence-corrected chi connectivity index (χ0v) is 32.0. The molecule has 3 saturated heterocycles. The lowest BCUT2D eigenvalue weighted by atomic mass is 9.77. The summed E-state index contributed by atoms with van der Waals surface area (Å²) in [5.41, 5.74) is 0.726. The normalized spacial score (nSPS) is 29.9. The Morgan fingerprint density at radius 1 is 1.00 bits per heavy atom. The van der Waals surface area contributed by atoms with E-state index in [1.165, 1.54) is 29.8 Å². The maximum Gasteiger partial charge on any atom is 0.391 e. The average molecular weight is 805 g/mol. The minimum Gasteiger partial charge on any atom is -0.340 e. The number of likely N-dealkylation sites (tertiary alicyclic amines) is 1. The second-order valence-corrected chi connectivity index (χ2v) is 19.0. The van der Waals surface area contributed by atoms with Crippen LogP contribution < -0.4 is 5.32 Å². The molecule has 4 heterocycles. The number of nitrogens with one attached hydrogen (secondary N) is 1. The van der Waals surface area contributed by atoms with E-state index in [0.29, 0.717) is 42.3 Å². The molecule has 8 rings (SSSR count). The van der Waals surface area contributed by atoms with Crippen molar-refractivity contribution in [2.45, 2.75) is 118 Å². The monoisotopic (exact) mass is 804 g/mol. The molecule has 3 amide bonds. The summed E-state index contributed by atoms with van der Waals surface area (Å²) in [6.45, 7) is 0.560. The third-order valence-electron chi connectivity index (χ3n) is 13.0. The summed E-state index contributed by atoms with van der Waals surface area (Å²) >= 11 is 1.09. The molecule has 296 valence electrons. The molecular weight excluding hydrogens is 759 g/mol. The van der Waals surface area contributed by atoms with Gasteiger partial charge in [0, 0.05) is 40.8 Å². The molecule has 0 bridgehead atoms. The van der Waals surface area contributed by atoms with Gasteiger partial charge >= 0.3 is 13.8 Å². The number of halogens is 4. The van der Waals surface area contributed by atoms with E-state index in [1.807, 2.05) is 35.0 Å². The molecule has 3 N–H and O–H groups in total. The van der Waals surface area contributed by atoms with Gasteiger partial charge in [-0.05, 0) is 106 Å². The Bertz CT molecular complexity index is 2020. The second-order valence-electron chi connectivity index (χ2n) is 16.3. The SMILES string of the molecule is CN(C1CC(C(F)(F)F)C1)[C@H]1CC[C@H](NC(=O)c2cc3cc([C@H](F)P(=O)(O)O)ccc3s2)C(=O)N2[C@H](CC[C@H]2C(=O)N2C[C@H](c3ccccc3)CC23CC3)C1. The first-order valence-electron chi connectivity index (χ1n) is 19.0. The number of hydrogen-bond donors (Lipinski definition) is 3. The predicted molar refractivity (Wildman–Crippen MR) is 198 cm³/mol. The van der Waals surface area contributed by atoms with Crippen molar-refractivity contribution < 1.29 is 46.3 Å². The first-order valence-corrected chi connectivity index (χ1v) is 21.5. The van der Waals surface area contributed by atoms with Gasteiger partial charge in [0.05, 0.1) is 10.8 Å². The van der Waals surface area contributed by atoms with Crippen LogP contribution in [0.5, 0.6) is 0 Å². The van der Waals surface area contributed by atoms with E-state index in [9.17, 15) is 46.3 Å². The first kappa shape index (κ1) is 38.5. The molecule has 0 unspecified atom stereocenters. The summed E-state index contributed by atoms with van der Waals surface area (Å²) in [6.07, 6.45) is 0.640. The Labute approximate surface area is 320 Å². The van der Waals surface area contributed by atoms with Gasteiger partial charge in [-0.1, -0.05) is 36.4 Å². The van der Waals surface area contributed by atoms with Gasteiger partial charge in [-0.25, -0.2) is 4.39 Å². The standard InChI is InChI=1S/C39H45F4N4O6PS/c1-45(29-17-26(18-29)39(41,42)43)27-8-10-30(44-35(48)33-16-24-15-23(7-12-32(24)55-33)34(40)54(51,52)53)36(49)47-28(19-27)9-11-31(47)37(50)46-21-25(20-38(46)13-14-38)22-5-3-2-4-6-22/h2-7,12,15-16,25-31,34H,8-11,13-14,17-21H2,1H3,(H,44,48)(H2,51,52,53)/t25-,26?,27+,28-,29?,30+,31+,34-/m1/s1. The van der Waals surface area contributed by atoms with Gasteiger partial charge in [-0.15, -0.1) is 11.3 Å². The van der Waals surface area contributed by atoms with Crippen LogP contribution in [0.4, 0.5) is 17.6 Å². The number of amides is 3. The number of thiophene rings is 1. The largest absolute Gasteiger partial charge is 0.391 e. The van der Waals surface area contributed by atoms with Crippen molar-refractivity contribution in [2.75, 3.05) is 13.6 Å². The van der Waals surface area contributed by atoms with Crippen LogP contribution in [0.15, 0.2) is 54.6 Å². The van der Waals surface area contributed by atoms with Crippen LogP contribution in [0.2, 0.25) is 0 Å². The molecule has 3 aliphatic heterocycles. The molecule has 1 aromatic heterocycles. The van der Waals surface area contributed by atoms with E-state index in [4.69, 9.17) is 0 Å². The van der Waals surface area contributed by atoms with Gasteiger partial charge in [0.25, 0.3) is 5.91 Å². The number of carbonyl (C=O) groups excluding carboxylic acids is 3. The van der Waals surface area contributed by atoms with E-state index in [-0.39, 0.29) is 71.1 Å². The van der Waals surface area contributed by atoms with Crippen molar-refractivity contribution >= 4 is 46.7 Å². The minimum atomic E-state index is -5.05. The molecule has 2 aliphatic carbocycles.